The summed E-state index contributed by atoms with van der Waals surface area (Å²) in [7, 11) is 3.43. The highest BCUT2D eigenvalue weighted by molar-refractivity contribution is 14.0. The second kappa shape index (κ2) is 13.7. The summed E-state index contributed by atoms with van der Waals surface area (Å²) in [6.07, 6.45) is -0.0551. The van der Waals surface area contributed by atoms with Crippen molar-refractivity contribution in [2.75, 3.05) is 79.7 Å². The van der Waals surface area contributed by atoms with E-state index in [9.17, 15) is 4.79 Å². The van der Waals surface area contributed by atoms with Crippen LogP contribution in [0.5, 0.6) is 11.5 Å². The van der Waals surface area contributed by atoms with Gasteiger partial charge in [-0.05, 0) is 19.1 Å². The van der Waals surface area contributed by atoms with Crippen LogP contribution in [0.3, 0.4) is 0 Å². The number of aliphatic imine (C=N–C) groups is 1. The van der Waals surface area contributed by atoms with Crippen molar-refractivity contribution >= 4 is 35.8 Å². The molecule has 1 aromatic carbocycles. The molecule has 1 N–H and O–H groups in total. The van der Waals surface area contributed by atoms with Crippen LogP contribution in [0, 0.1) is 0 Å². The first-order valence-corrected chi connectivity index (χ1v) is 10.9. The average Bonchev–Trinajstić information content (AvgIpc) is 2.81. The molecule has 9 nitrogen and oxygen atoms in total. The van der Waals surface area contributed by atoms with E-state index in [1.165, 1.54) is 0 Å². The third-order valence-electron chi connectivity index (χ3n) is 5.55. The highest BCUT2D eigenvalue weighted by Gasteiger charge is 2.24. The number of piperazine rings is 1. The minimum absolute atomic E-state index is 0. The standard InChI is InChI=1S/C22H35N5O4.HI/c1-18(31-20-7-5-4-6-19(20)29-3)16-24-22(23-2)27-10-8-25(9-11-27)17-21(28)26-12-14-30-15-13-26;/h4-7,18H,8-17H2,1-3H3,(H,23,24);1H. The molecule has 1 unspecified atom stereocenters. The number of ether oxygens (including phenoxy) is 3. The number of carbonyl (C=O) groups excluding carboxylic acids is 1. The summed E-state index contributed by atoms with van der Waals surface area (Å²) in [6, 6.07) is 7.64. The summed E-state index contributed by atoms with van der Waals surface area (Å²) < 4.78 is 16.7. The van der Waals surface area contributed by atoms with Gasteiger partial charge >= 0.3 is 0 Å². The number of hydrogen-bond acceptors (Lipinski definition) is 6. The van der Waals surface area contributed by atoms with E-state index >= 15 is 0 Å². The van der Waals surface area contributed by atoms with Gasteiger partial charge in [0.2, 0.25) is 5.91 Å². The van der Waals surface area contributed by atoms with Crippen molar-refractivity contribution in [2.45, 2.75) is 13.0 Å². The number of para-hydroxylation sites is 2. The van der Waals surface area contributed by atoms with Crippen molar-refractivity contribution < 1.29 is 19.0 Å². The summed E-state index contributed by atoms with van der Waals surface area (Å²) in [6.45, 7) is 9.13. The van der Waals surface area contributed by atoms with Crippen LogP contribution in [0.25, 0.3) is 0 Å². The Morgan fingerprint density at radius 3 is 2.38 bits per heavy atom. The Balaban J connectivity index is 0.00000363. The SMILES string of the molecule is CN=C(NCC(C)Oc1ccccc1OC)N1CCN(CC(=O)N2CCOCC2)CC1.I. The van der Waals surface area contributed by atoms with Gasteiger partial charge in [-0.2, -0.15) is 0 Å². The van der Waals surface area contributed by atoms with Gasteiger partial charge in [0.15, 0.2) is 17.5 Å². The zero-order chi connectivity index (χ0) is 22.1. The first-order chi connectivity index (χ1) is 15.1. The van der Waals surface area contributed by atoms with E-state index < -0.39 is 0 Å². The smallest absolute Gasteiger partial charge is 0.236 e. The van der Waals surface area contributed by atoms with E-state index in [2.05, 4.69) is 20.1 Å². The predicted molar refractivity (Wildman–Crippen MR) is 135 cm³/mol. The van der Waals surface area contributed by atoms with Crippen LogP contribution < -0.4 is 14.8 Å². The molecule has 2 heterocycles. The van der Waals surface area contributed by atoms with Crippen LogP contribution in [0.1, 0.15) is 6.92 Å². The molecule has 2 saturated heterocycles. The van der Waals surface area contributed by atoms with Crippen molar-refractivity contribution in [3.8, 4) is 11.5 Å². The van der Waals surface area contributed by atoms with Gasteiger partial charge in [-0.25, -0.2) is 0 Å². The van der Waals surface area contributed by atoms with Crippen molar-refractivity contribution in [1.29, 1.82) is 0 Å². The lowest BCUT2D eigenvalue weighted by atomic mass is 10.3. The molecule has 1 atom stereocenters. The van der Waals surface area contributed by atoms with Gasteiger partial charge in [-0.15, -0.1) is 24.0 Å². The molecule has 2 fully saturated rings. The van der Waals surface area contributed by atoms with Crippen LogP contribution in [0.4, 0.5) is 0 Å². The summed E-state index contributed by atoms with van der Waals surface area (Å²) >= 11 is 0. The summed E-state index contributed by atoms with van der Waals surface area (Å²) in [4.78, 5) is 23.2. The van der Waals surface area contributed by atoms with Gasteiger partial charge in [-0.3, -0.25) is 14.7 Å². The van der Waals surface area contributed by atoms with E-state index in [0.29, 0.717) is 39.4 Å². The highest BCUT2D eigenvalue weighted by Crippen LogP contribution is 2.26. The molecule has 0 saturated carbocycles. The third kappa shape index (κ3) is 7.66. The van der Waals surface area contributed by atoms with E-state index in [1.54, 1.807) is 14.2 Å². The first kappa shape index (κ1) is 26.5. The number of nitrogens with zero attached hydrogens (tertiary/aromatic N) is 4. The van der Waals surface area contributed by atoms with Crippen molar-refractivity contribution in [2.24, 2.45) is 4.99 Å². The molecule has 1 aromatic rings. The fourth-order valence-electron chi connectivity index (χ4n) is 3.76. The maximum absolute atomic E-state index is 12.5. The second-order valence-electron chi connectivity index (χ2n) is 7.76. The average molecular weight is 561 g/mol. The molecule has 2 aliphatic heterocycles. The highest BCUT2D eigenvalue weighted by atomic mass is 127. The Kier molecular flexibility index (Phi) is 11.3. The molecule has 0 bridgehead atoms. The number of benzene rings is 1. The monoisotopic (exact) mass is 561 g/mol. The maximum atomic E-state index is 12.5. The molecular weight excluding hydrogens is 525 g/mol. The number of carbonyl (C=O) groups is 1. The van der Waals surface area contributed by atoms with Crippen LogP contribution >= 0.6 is 24.0 Å². The lowest BCUT2D eigenvalue weighted by Gasteiger charge is -2.37. The summed E-state index contributed by atoms with van der Waals surface area (Å²) in [5.41, 5.74) is 0. The normalized spacial score (nSPS) is 18.5. The van der Waals surface area contributed by atoms with Gasteiger partial charge in [0, 0.05) is 46.3 Å². The number of nitrogens with one attached hydrogen (secondary N) is 1. The Labute approximate surface area is 208 Å². The van der Waals surface area contributed by atoms with Crippen LogP contribution in [0.15, 0.2) is 29.3 Å². The van der Waals surface area contributed by atoms with Gasteiger partial charge in [-0.1, -0.05) is 12.1 Å². The number of rotatable bonds is 7. The van der Waals surface area contributed by atoms with E-state index in [1.807, 2.05) is 36.1 Å². The minimum Gasteiger partial charge on any atom is -0.493 e. The Bertz CT molecular complexity index is 737. The first-order valence-electron chi connectivity index (χ1n) is 10.9. The quantitative estimate of drug-likeness (QED) is 0.304. The second-order valence-corrected chi connectivity index (χ2v) is 7.76. The van der Waals surface area contributed by atoms with Crippen LogP contribution in [-0.4, -0.2) is 112 Å². The predicted octanol–water partition coefficient (Wildman–Crippen LogP) is 1.13. The van der Waals surface area contributed by atoms with Gasteiger partial charge in [0.25, 0.3) is 0 Å². The lowest BCUT2D eigenvalue weighted by molar-refractivity contribution is -0.136. The maximum Gasteiger partial charge on any atom is 0.236 e. The molecule has 3 rings (SSSR count). The molecule has 2 aliphatic rings. The zero-order valence-electron chi connectivity index (χ0n) is 19.3. The number of amides is 1. The molecular formula is C22H36IN5O4. The van der Waals surface area contributed by atoms with Gasteiger partial charge in [0.1, 0.15) is 6.10 Å². The fraction of sp³-hybridized carbons (Fsp3) is 0.636. The molecule has 32 heavy (non-hydrogen) atoms. The minimum atomic E-state index is -0.0551. The zero-order valence-corrected chi connectivity index (χ0v) is 21.6. The number of halogens is 1. The Hall–Kier alpha value is -1.79. The molecule has 0 radical (unpaired) electrons. The molecule has 0 aliphatic carbocycles. The summed E-state index contributed by atoms with van der Waals surface area (Å²) in [5, 5.41) is 3.41. The van der Waals surface area contributed by atoms with E-state index in [-0.39, 0.29) is 36.0 Å². The topological polar surface area (TPSA) is 78.9 Å². The number of guanidine groups is 1. The third-order valence-corrected chi connectivity index (χ3v) is 5.55. The largest absolute Gasteiger partial charge is 0.493 e. The lowest BCUT2D eigenvalue weighted by Crippen LogP contribution is -2.55. The van der Waals surface area contributed by atoms with Crippen LogP contribution in [0.2, 0.25) is 0 Å². The van der Waals surface area contributed by atoms with Crippen molar-refractivity contribution in [1.82, 2.24) is 20.0 Å². The Morgan fingerprint density at radius 2 is 1.75 bits per heavy atom. The van der Waals surface area contributed by atoms with Gasteiger partial charge in [0.05, 0.1) is 33.4 Å². The fourth-order valence-corrected chi connectivity index (χ4v) is 3.76. The molecule has 10 heteroatoms. The summed E-state index contributed by atoms with van der Waals surface area (Å²) in [5.74, 6) is 2.51. The van der Waals surface area contributed by atoms with Crippen LogP contribution in [-0.2, 0) is 9.53 Å². The number of hydrogen-bond donors (Lipinski definition) is 1. The molecule has 0 aromatic heterocycles. The molecule has 180 valence electrons. The van der Waals surface area contributed by atoms with E-state index in [4.69, 9.17) is 14.2 Å². The molecule has 0 spiro atoms. The van der Waals surface area contributed by atoms with Crippen molar-refractivity contribution in [3.63, 3.8) is 0 Å². The Morgan fingerprint density at radius 1 is 1.09 bits per heavy atom. The number of methoxy groups -OCH3 is 1. The van der Waals surface area contributed by atoms with E-state index in [0.717, 1.165) is 43.6 Å². The number of morpholine rings is 1. The molecule has 1 amide bonds. The van der Waals surface area contributed by atoms with Crippen molar-refractivity contribution in [3.05, 3.63) is 24.3 Å². The van der Waals surface area contributed by atoms with Gasteiger partial charge < -0.3 is 29.3 Å².